The van der Waals surface area contributed by atoms with Crippen LogP contribution in [0.2, 0.25) is 0 Å². The van der Waals surface area contributed by atoms with Crippen molar-refractivity contribution < 1.29 is 0 Å². The molecule has 0 spiro atoms. The van der Waals surface area contributed by atoms with Gasteiger partial charge in [-0.1, -0.05) is 20.8 Å². The van der Waals surface area contributed by atoms with E-state index >= 15 is 0 Å². The van der Waals surface area contributed by atoms with Gasteiger partial charge >= 0.3 is 0 Å². The van der Waals surface area contributed by atoms with Gasteiger partial charge in [-0.3, -0.25) is 0 Å². The molecule has 1 N–H and O–H groups in total. The molecule has 0 unspecified atom stereocenters. The van der Waals surface area contributed by atoms with E-state index in [0.717, 1.165) is 49.6 Å². The van der Waals surface area contributed by atoms with Gasteiger partial charge in [0.2, 0.25) is 0 Å². The lowest BCUT2D eigenvalue weighted by Crippen LogP contribution is -2.10. The van der Waals surface area contributed by atoms with Gasteiger partial charge < -0.3 is 5.32 Å². The molecule has 0 aliphatic rings. The molecule has 0 amide bonds. The maximum Gasteiger partial charge on any atom is 0.133 e. The van der Waals surface area contributed by atoms with Gasteiger partial charge in [0.1, 0.15) is 11.6 Å². The minimum Gasteiger partial charge on any atom is -0.370 e. The molecule has 0 radical (unpaired) electrons. The third kappa shape index (κ3) is 3.19. The summed E-state index contributed by atoms with van der Waals surface area (Å²) in [6, 6.07) is 0. The van der Waals surface area contributed by atoms with Crippen LogP contribution in [0.5, 0.6) is 0 Å². The van der Waals surface area contributed by atoms with Crippen LogP contribution in [0, 0.1) is 6.92 Å². The molecule has 0 aliphatic heterocycles. The fourth-order valence-electron chi connectivity index (χ4n) is 1.80. The topological polar surface area (TPSA) is 37.8 Å². The Morgan fingerprint density at radius 3 is 2.38 bits per heavy atom. The Morgan fingerprint density at radius 2 is 1.81 bits per heavy atom. The van der Waals surface area contributed by atoms with Gasteiger partial charge in [-0.25, -0.2) is 9.97 Å². The highest BCUT2D eigenvalue weighted by molar-refractivity contribution is 5.46. The summed E-state index contributed by atoms with van der Waals surface area (Å²) in [5.41, 5.74) is 2.38. The molecule has 16 heavy (non-hydrogen) atoms. The lowest BCUT2D eigenvalue weighted by molar-refractivity contribution is 0.811. The first-order valence-electron chi connectivity index (χ1n) is 6.33. The third-order valence-corrected chi connectivity index (χ3v) is 2.63. The molecule has 3 heteroatoms. The van der Waals surface area contributed by atoms with Gasteiger partial charge in [-0.05, 0) is 26.2 Å². The second-order valence-electron chi connectivity index (χ2n) is 4.08. The van der Waals surface area contributed by atoms with Crippen molar-refractivity contribution in [2.45, 2.75) is 53.4 Å². The number of rotatable bonds is 6. The van der Waals surface area contributed by atoms with Crippen LogP contribution in [0.1, 0.15) is 50.7 Å². The molecule has 0 bridgehead atoms. The Kier molecular flexibility index (Phi) is 5.23. The summed E-state index contributed by atoms with van der Waals surface area (Å²) in [4.78, 5) is 9.16. The minimum atomic E-state index is 0.964. The van der Waals surface area contributed by atoms with Crippen molar-refractivity contribution in [3.05, 3.63) is 17.1 Å². The zero-order valence-corrected chi connectivity index (χ0v) is 10.9. The first-order valence-corrected chi connectivity index (χ1v) is 6.33. The van der Waals surface area contributed by atoms with Crippen LogP contribution in [0.25, 0.3) is 0 Å². The quantitative estimate of drug-likeness (QED) is 0.802. The predicted molar refractivity (Wildman–Crippen MR) is 68.9 cm³/mol. The Labute approximate surface area is 98.7 Å². The van der Waals surface area contributed by atoms with Gasteiger partial charge in [0.25, 0.3) is 0 Å². The first-order chi connectivity index (χ1) is 7.72. The standard InChI is InChI=1S/C13H23N3/c1-5-8-12-15-10(4)11(7-3)13(16-12)14-9-6-2/h5-9H2,1-4H3,(H,14,15,16). The van der Waals surface area contributed by atoms with Crippen molar-refractivity contribution in [3.8, 4) is 0 Å². The second kappa shape index (κ2) is 6.46. The summed E-state index contributed by atoms with van der Waals surface area (Å²) < 4.78 is 0. The van der Waals surface area contributed by atoms with Crippen LogP contribution in [-0.2, 0) is 12.8 Å². The molecule has 1 aromatic heterocycles. The van der Waals surface area contributed by atoms with Crippen molar-refractivity contribution in [1.82, 2.24) is 9.97 Å². The smallest absolute Gasteiger partial charge is 0.133 e. The summed E-state index contributed by atoms with van der Waals surface area (Å²) in [5.74, 6) is 2.01. The van der Waals surface area contributed by atoms with Gasteiger partial charge in [0.15, 0.2) is 0 Å². The Hall–Kier alpha value is -1.12. The van der Waals surface area contributed by atoms with Crippen molar-refractivity contribution in [1.29, 1.82) is 0 Å². The number of nitrogens with zero attached hydrogens (tertiary/aromatic N) is 2. The van der Waals surface area contributed by atoms with Crippen molar-refractivity contribution in [2.75, 3.05) is 11.9 Å². The monoisotopic (exact) mass is 221 g/mol. The number of hydrogen-bond acceptors (Lipinski definition) is 3. The Bertz CT molecular complexity index is 334. The predicted octanol–water partition coefficient (Wildman–Crippen LogP) is 3.12. The number of nitrogens with one attached hydrogen (secondary N) is 1. The fourth-order valence-corrected chi connectivity index (χ4v) is 1.80. The zero-order valence-electron chi connectivity index (χ0n) is 10.9. The van der Waals surface area contributed by atoms with Crippen LogP contribution in [0.4, 0.5) is 5.82 Å². The minimum absolute atomic E-state index is 0.964. The zero-order chi connectivity index (χ0) is 12.0. The Balaban J connectivity index is 2.99. The number of hydrogen-bond donors (Lipinski definition) is 1. The highest BCUT2D eigenvalue weighted by Crippen LogP contribution is 2.17. The van der Waals surface area contributed by atoms with E-state index in [-0.39, 0.29) is 0 Å². The number of aromatic nitrogens is 2. The largest absolute Gasteiger partial charge is 0.370 e. The van der Waals surface area contributed by atoms with Gasteiger partial charge in [0.05, 0.1) is 0 Å². The molecule has 0 atom stereocenters. The van der Waals surface area contributed by atoms with Crippen LogP contribution in [0.3, 0.4) is 0 Å². The molecule has 0 saturated heterocycles. The van der Waals surface area contributed by atoms with E-state index in [1.165, 1.54) is 5.56 Å². The van der Waals surface area contributed by atoms with Crippen LogP contribution < -0.4 is 5.32 Å². The van der Waals surface area contributed by atoms with E-state index in [9.17, 15) is 0 Å². The Morgan fingerprint density at radius 1 is 1.06 bits per heavy atom. The van der Waals surface area contributed by atoms with E-state index in [4.69, 9.17) is 0 Å². The van der Waals surface area contributed by atoms with E-state index in [1.807, 2.05) is 0 Å². The summed E-state index contributed by atoms with van der Waals surface area (Å²) in [7, 11) is 0. The summed E-state index contributed by atoms with van der Waals surface area (Å²) in [6.45, 7) is 9.54. The molecule has 1 heterocycles. The SMILES string of the molecule is CCCNc1nc(CCC)nc(C)c1CC. The molecule has 1 rings (SSSR count). The van der Waals surface area contributed by atoms with E-state index < -0.39 is 0 Å². The first kappa shape index (κ1) is 12.9. The fraction of sp³-hybridized carbons (Fsp3) is 0.692. The number of aryl methyl sites for hydroxylation is 2. The van der Waals surface area contributed by atoms with E-state index in [0.29, 0.717) is 0 Å². The molecule has 1 aromatic rings. The number of anilines is 1. The summed E-state index contributed by atoms with van der Waals surface area (Å²) >= 11 is 0. The molecule has 0 aromatic carbocycles. The molecule has 90 valence electrons. The maximum atomic E-state index is 4.61. The highest BCUT2D eigenvalue weighted by Gasteiger charge is 2.08. The van der Waals surface area contributed by atoms with Crippen LogP contribution in [0.15, 0.2) is 0 Å². The third-order valence-electron chi connectivity index (χ3n) is 2.63. The van der Waals surface area contributed by atoms with Gasteiger partial charge in [-0.15, -0.1) is 0 Å². The van der Waals surface area contributed by atoms with Crippen LogP contribution >= 0.6 is 0 Å². The summed E-state index contributed by atoms with van der Waals surface area (Å²) in [5, 5.41) is 3.40. The molecule has 0 saturated carbocycles. The maximum absolute atomic E-state index is 4.61. The van der Waals surface area contributed by atoms with Gasteiger partial charge in [-0.2, -0.15) is 0 Å². The van der Waals surface area contributed by atoms with E-state index in [2.05, 4.69) is 43.0 Å². The lowest BCUT2D eigenvalue weighted by Gasteiger charge is -2.13. The van der Waals surface area contributed by atoms with Crippen molar-refractivity contribution >= 4 is 5.82 Å². The lowest BCUT2D eigenvalue weighted by atomic mass is 10.1. The van der Waals surface area contributed by atoms with Crippen LogP contribution in [-0.4, -0.2) is 16.5 Å². The van der Waals surface area contributed by atoms with E-state index in [1.54, 1.807) is 0 Å². The molecular formula is C13H23N3. The average molecular weight is 221 g/mol. The normalized spacial score (nSPS) is 10.5. The van der Waals surface area contributed by atoms with Crippen molar-refractivity contribution in [3.63, 3.8) is 0 Å². The van der Waals surface area contributed by atoms with Crippen molar-refractivity contribution in [2.24, 2.45) is 0 Å². The second-order valence-corrected chi connectivity index (χ2v) is 4.08. The molecule has 0 fully saturated rings. The van der Waals surface area contributed by atoms with Gasteiger partial charge in [0, 0.05) is 24.2 Å². The molecule has 0 aliphatic carbocycles. The summed E-state index contributed by atoms with van der Waals surface area (Å²) in [6.07, 6.45) is 4.17. The highest BCUT2D eigenvalue weighted by atomic mass is 15.0. The molecule has 3 nitrogen and oxygen atoms in total. The molecular weight excluding hydrogens is 198 g/mol. The average Bonchev–Trinajstić information content (AvgIpc) is 2.26.